The summed E-state index contributed by atoms with van der Waals surface area (Å²) in [5, 5.41) is 11.4. The molecule has 0 aliphatic carbocycles. The summed E-state index contributed by atoms with van der Waals surface area (Å²) >= 11 is 0. The minimum atomic E-state index is 0.688. The van der Waals surface area contributed by atoms with Gasteiger partial charge in [-0.3, -0.25) is 9.89 Å². The van der Waals surface area contributed by atoms with E-state index in [-0.39, 0.29) is 0 Å². The second-order valence-corrected chi connectivity index (χ2v) is 3.66. The molecule has 5 heteroatoms. The van der Waals surface area contributed by atoms with E-state index in [4.69, 9.17) is 0 Å². The summed E-state index contributed by atoms with van der Waals surface area (Å²) in [6, 6.07) is 7.95. The van der Waals surface area contributed by atoms with Crippen molar-refractivity contribution in [3.8, 4) is 0 Å². The van der Waals surface area contributed by atoms with Crippen molar-refractivity contribution in [3.63, 3.8) is 0 Å². The molecule has 2 rings (SSSR count). The lowest BCUT2D eigenvalue weighted by Gasteiger charge is -2.01. The summed E-state index contributed by atoms with van der Waals surface area (Å²) in [6.45, 7) is 3.67. The molecule has 2 aromatic rings. The van der Waals surface area contributed by atoms with Gasteiger partial charge in [-0.05, 0) is 19.1 Å². The highest BCUT2D eigenvalue weighted by molar-refractivity contribution is 5.73. The van der Waals surface area contributed by atoms with E-state index in [1.165, 1.54) is 0 Å². The van der Waals surface area contributed by atoms with E-state index in [1.807, 2.05) is 46.9 Å². The Bertz CT molecular complexity index is 500. The first kappa shape index (κ1) is 10.6. The maximum absolute atomic E-state index is 4.12. The summed E-state index contributed by atoms with van der Waals surface area (Å²) in [4.78, 5) is 0. The predicted molar refractivity (Wildman–Crippen MR) is 63.5 cm³/mol. The Labute approximate surface area is 94.4 Å². The Hall–Kier alpha value is -1.91. The Kier molecular flexibility index (Phi) is 3.14. The van der Waals surface area contributed by atoms with Gasteiger partial charge in [0.25, 0.3) is 0 Å². The fourth-order valence-electron chi connectivity index (χ4n) is 1.52. The van der Waals surface area contributed by atoms with Gasteiger partial charge in [0.1, 0.15) is 5.52 Å². The zero-order valence-electron chi connectivity index (χ0n) is 9.59. The minimum absolute atomic E-state index is 0.688. The van der Waals surface area contributed by atoms with Crippen molar-refractivity contribution in [3.05, 3.63) is 24.3 Å². The Morgan fingerprint density at radius 2 is 2.25 bits per heavy atom. The summed E-state index contributed by atoms with van der Waals surface area (Å²) in [5.74, 6) is 0. The first-order valence-corrected chi connectivity index (χ1v) is 5.36. The van der Waals surface area contributed by atoms with Crippen molar-refractivity contribution in [2.24, 2.45) is 0 Å². The smallest absolute Gasteiger partial charge is 0.233 e. The molecule has 0 amide bonds. The topological polar surface area (TPSA) is 45.8 Å². The lowest BCUT2D eigenvalue weighted by molar-refractivity contribution is -0.528. The number of aromatic nitrogens is 3. The Morgan fingerprint density at radius 3 is 3.06 bits per heavy atom. The fourth-order valence-corrected chi connectivity index (χ4v) is 1.52. The number of hydrogen-bond acceptors (Lipinski definition) is 2. The van der Waals surface area contributed by atoms with Crippen LogP contribution in [0.1, 0.15) is 6.92 Å². The van der Waals surface area contributed by atoms with Gasteiger partial charge in [-0.25, -0.2) is 4.68 Å². The van der Waals surface area contributed by atoms with Crippen molar-refractivity contribution in [2.45, 2.75) is 13.6 Å². The van der Waals surface area contributed by atoms with Crippen molar-refractivity contribution >= 4 is 17.4 Å². The molecule has 0 saturated carbocycles. The van der Waals surface area contributed by atoms with Crippen molar-refractivity contribution in [2.75, 3.05) is 13.6 Å². The van der Waals surface area contributed by atoms with Crippen LogP contribution in [0.4, 0.5) is 0 Å². The molecule has 84 valence electrons. The van der Waals surface area contributed by atoms with E-state index in [0.29, 0.717) is 6.67 Å². The SMILES string of the molecule is CCN/C=[N+](\C)Cn1nnc2ccccc21. The van der Waals surface area contributed by atoms with Gasteiger partial charge < -0.3 is 0 Å². The van der Waals surface area contributed by atoms with Gasteiger partial charge in [0.15, 0.2) is 6.67 Å². The van der Waals surface area contributed by atoms with Crippen molar-refractivity contribution < 1.29 is 4.58 Å². The van der Waals surface area contributed by atoms with Crippen molar-refractivity contribution in [1.29, 1.82) is 0 Å². The van der Waals surface area contributed by atoms with Crippen LogP contribution in [0.5, 0.6) is 0 Å². The summed E-state index contributed by atoms with van der Waals surface area (Å²) in [7, 11) is 2.00. The largest absolute Gasteiger partial charge is 0.281 e. The van der Waals surface area contributed by atoms with Crippen LogP contribution in [0.25, 0.3) is 11.0 Å². The molecule has 0 spiro atoms. The standard InChI is InChI=1S/C11H15N5/c1-3-12-8-15(2)9-16-11-7-5-4-6-10(11)13-14-16/h4-8H,3,9H2,1-2H3/p+1. The molecular weight excluding hydrogens is 202 g/mol. The van der Waals surface area contributed by atoms with E-state index in [9.17, 15) is 0 Å². The number of para-hydroxylation sites is 1. The van der Waals surface area contributed by atoms with E-state index in [0.717, 1.165) is 17.6 Å². The number of fused-ring (bicyclic) bond motifs is 1. The molecule has 0 aliphatic heterocycles. The molecule has 1 aromatic heterocycles. The van der Waals surface area contributed by atoms with Gasteiger partial charge in [0.2, 0.25) is 6.34 Å². The Morgan fingerprint density at radius 1 is 1.44 bits per heavy atom. The van der Waals surface area contributed by atoms with Gasteiger partial charge >= 0.3 is 0 Å². The lowest BCUT2D eigenvalue weighted by Crippen LogP contribution is -2.22. The minimum Gasteiger partial charge on any atom is -0.281 e. The van der Waals surface area contributed by atoms with E-state index in [2.05, 4.69) is 22.6 Å². The summed E-state index contributed by atoms with van der Waals surface area (Å²) in [6.07, 6.45) is 1.94. The predicted octanol–water partition coefficient (Wildman–Crippen LogP) is 0.669. The summed E-state index contributed by atoms with van der Waals surface area (Å²) < 4.78 is 3.91. The fraction of sp³-hybridized carbons (Fsp3) is 0.364. The Balaban J connectivity index is 2.21. The number of benzene rings is 1. The molecule has 0 unspecified atom stereocenters. The molecule has 0 aliphatic rings. The third-order valence-electron chi connectivity index (χ3n) is 2.29. The van der Waals surface area contributed by atoms with E-state index in [1.54, 1.807) is 0 Å². The molecule has 1 N–H and O–H groups in total. The number of nitrogens with zero attached hydrogens (tertiary/aromatic N) is 4. The monoisotopic (exact) mass is 218 g/mol. The molecule has 16 heavy (non-hydrogen) atoms. The highest BCUT2D eigenvalue weighted by atomic mass is 15.5. The van der Waals surface area contributed by atoms with E-state index >= 15 is 0 Å². The summed E-state index contributed by atoms with van der Waals surface area (Å²) in [5.41, 5.74) is 1.98. The molecule has 0 atom stereocenters. The third kappa shape index (κ3) is 2.18. The average molecular weight is 218 g/mol. The van der Waals surface area contributed by atoms with Gasteiger partial charge in [0, 0.05) is 0 Å². The second-order valence-electron chi connectivity index (χ2n) is 3.66. The lowest BCUT2D eigenvalue weighted by atomic mass is 10.3. The van der Waals surface area contributed by atoms with Gasteiger partial charge in [-0.15, -0.1) is 5.10 Å². The molecule has 0 bridgehead atoms. The van der Waals surface area contributed by atoms with Crippen LogP contribution in [-0.4, -0.2) is 39.5 Å². The third-order valence-corrected chi connectivity index (χ3v) is 2.29. The quantitative estimate of drug-likeness (QED) is 0.466. The van der Waals surface area contributed by atoms with Crippen LogP contribution >= 0.6 is 0 Å². The molecular formula is C11H16N5+. The molecule has 5 nitrogen and oxygen atoms in total. The van der Waals surface area contributed by atoms with Gasteiger partial charge in [0.05, 0.1) is 19.1 Å². The highest BCUT2D eigenvalue weighted by Crippen LogP contribution is 2.08. The zero-order chi connectivity index (χ0) is 11.4. The first-order chi connectivity index (χ1) is 7.81. The normalized spacial score (nSPS) is 12.0. The van der Waals surface area contributed by atoms with E-state index < -0.39 is 0 Å². The molecule has 0 saturated heterocycles. The second kappa shape index (κ2) is 4.74. The van der Waals surface area contributed by atoms with Gasteiger partial charge in [-0.1, -0.05) is 17.3 Å². The zero-order valence-corrected chi connectivity index (χ0v) is 9.59. The van der Waals surface area contributed by atoms with Crippen LogP contribution < -0.4 is 5.32 Å². The van der Waals surface area contributed by atoms with Crippen LogP contribution in [0.3, 0.4) is 0 Å². The number of nitrogens with one attached hydrogen (secondary N) is 1. The molecule has 0 radical (unpaired) electrons. The molecule has 0 fully saturated rings. The van der Waals surface area contributed by atoms with Crippen molar-refractivity contribution in [1.82, 2.24) is 20.3 Å². The molecule has 1 aromatic carbocycles. The number of hydrogen-bond donors (Lipinski definition) is 1. The first-order valence-electron chi connectivity index (χ1n) is 5.36. The maximum Gasteiger partial charge on any atom is 0.233 e. The van der Waals surface area contributed by atoms with Gasteiger partial charge in [-0.2, -0.15) is 0 Å². The van der Waals surface area contributed by atoms with Crippen LogP contribution in [0.2, 0.25) is 0 Å². The molecule has 1 heterocycles. The number of rotatable bonds is 4. The van der Waals surface area contributed by atoms with Crippen LogP contribution in [0.15, 0.2) is 24.3 Å². The van der Waals surface area contributed by atoms with Crippen LogP contribution in [-0.2, 0) is 6.67 Å². The average Bonchev–Trinajstić information content (AvgIpc) is 2.70. The van der Waals surface area contributed by atoms with Crippen LogP contribution in [0, 0.1) is 0 Å². The highest BCUT2D eigenvalue weighted by Gasteiger charge is 2.04. The maximum atomic E-state index is 4.12.